The van der Waals surface area contributed by atoms with Gasteiger partial charge in [0.05, 0.1) is 6.54 Å². The van der Waals surface area contributed by atoms with E-state index in [1.807, 2.05) is 30.3 Å². The zero-order valence-corrected chi connectivity index (χ0v) is 9.88. The van der Waals surface area contributed by atoms with E-state index in [0.29, 0.717) is 0 Å². The van der Waals surface area contributed by atoms with E-state index in [1.54, 1.807) is 0 Å². The molecular weight excluding hydrogens is 254 g/mol. The van der Waals surface area contributed by atoms with Crippen LogP contribution in [0, 0.1) is 5.41 Å². The van der Waals surface area contributed by atoms with Gasteiger partial charge in [-0.1, -0.05) is 30.3 Å². The minimum absolute atomic E-state index is 0.103. The van der Waals surface area contributed by atoms with E-state index in [9.17, 15) is 8.78 Å². The number of alkyl halides is 2. The van der Waals surface area contributed by atoms with Gasteiger partial charge in [-0.15, -0.1) is 0 Å². The van der Waals surface area contributed by atoms with Crippen molar-refractivity contribution in [2.24, 2.45) is 5.73 Å². The molecule has 1 heterocycles. The fourth-order valence-electron chi connectivity index (χ4n) is 1.59. The smallest absolute Gasteiger partial charge is 0.388 e. The van der Waals surface area contributed by atoms with Crippen molar-refractivity contribution in [1.82, 2.24) is 9.78 Å². The van der Waals surface area contributed by atoms with Crippen molar-refractivity contribution in [3.05, 3.63) is 47.7 Å². The number of nitrogens with two attached hydrogens (primary N) is 1. The van der Waals surface area contributed by atoms with E-state index in [1.165, 1.54) is 10.7 Å². The Morgan fingerprint density at radius 1 is 1.37 bits per heavy atom. The maximum Gasteiger partial charge on any atom is 0.388 e. The van der Waals surface area contributed by atoms with Gasteiger partial charge in [-0.05, 0) is 5.56 Å². The maximum absolute atomic E-state index is 12.3. The molecule has 0 saturated carbocycles. The van der Waals surface area contributed by atoms with Gasteiger partial charge in [0.25, 0.3) is 0 Å². The molecule has 3 N–H and O–H groups in total. The number of nitrogens with one attached hydrogen (secondary N) is 1. The summed E-state index contributed by atoms with van der Waals surface area (Å²) in [5, 5.41) is 11.2. The van der Waals surface area contributed by atoms with Gasteiger partial charge in [-0.2, -0.15) is 13.9 Å². The summed E-state index contributed by atoms with van der Waals surface area (Å²) in [5.74, 6) is -0.421. The summed E-state index contributed by atoms with van der Waals surface area (Å²) in [6.07, 6.45) is 0. The SMILES string of the molecule is N=C(N)c1cc(OC(F)F)n(Cc2ccccc2)n1. The number of hydrogen-bond acceptors (Lipinski definition) is 3. The predicted octanol–water partition coefficient (Wildman–Crippen LogP) is 1.82. The number of rotatable bonds is 5. The molecule has 0 unspecified atom stereocenters. The molecule has 0 atom stereocenters. The molecule has 0 aliphatic heterocycles. The second-order valence-corrected chi connectivity index (χ2v) is 3.80. The van der Waals surface area contributed by atoms with E-state index in [-0.39, 0.29) is 24.0 Å². The van der Waals surface area contributed by atoms with Crippen LogP contribution in [-0.2, 0) is 6.54 Å². The van der Waals surface area contributed by atoms with Crippen molar-refractivity contribution in [3.8, 4) is 5.88 Å². The lowest BCUT2D eigenvalue weighted by Crippen LogP contribution is -2.13. The monoisotopic (exact) mass is 266 g/mol. The molecule has 2 aromatic rings. The van der Waals surface area contributed by atoms with Crippen LogP contribution in [0.1, 0.15) is 11.3 Å². The highest BCUT2D eigenvalue weighted by molar-refractivity contribution is 5.93. The summed E-state index contributed by atoms with van der Waals surface area (Å²) in [6.45, 7) is -2.69. The van der Waals surface area contributed by atoms with Crippen LogP contribution in [0.4, 0.5) is 8.78 Å². The lowest BCUT2D eigenvalue weighted by Gasteiger charge is -2.07. The first-order valence-corrected chi connectivity index (χ1v) is 5.47. The van der Waals surface area contributed by atoms with Gasteiger partial charge in [0, 0.05) is 6.07 Å². The van der Waals surface area contributed by atoms with Crippen LogP contribution in [0.25, 0.3) is 0 Å². The molecule has 0 amide bonds. The lowest BCUT2D eigenvalue weighted by molar-refractivity contribution is -0.0556. The number of benzene rings is 1. The van der Waals surface area contributed by atoms with E-state index >= 15 is 0 Å². The van der Waals surface area contributed by atoms with Crippen molar-refractivity contribution in [3.63, 3.8) is 0 Å². The van der Waals surface area contributed by atoms with Gasteiger partial charge in [0.1, 0.15) is 11.5 Å². The summed E-state index contributed by atoms with van der Waals surface area (Å²) in [7, 11) is 0. The Labute approximate surface area is 108 Å². The summed E-state index contributed by atoms with van der Waals surface area (Å²) < 4.78 is 30.2. The Kier molecular flexibility index (Phi) is 3.74. The Morgan fingerprint density at radius 2 is 2.05 bits per heavy atom. The van der Waals surface area contributed by atoms with Crippen molar-refractivity contribution in [2.45, 2.75) is 13.2 Å². The summed E-state index contributed by atoms with van der Waals surface area (Å²) in [6, 6.07) is 10.4. The Hall–Kier alpha value is -2.44. The Balaban J connectivity index is 2.29. The second-order valence-electron chi connectivity index (χ2n) is 3.80. The van der Waals surface area contributed by atoms with E-state index < -0.39 is 6.61 Å². The average Bonchev–Trinajstić information content (AvgIpc) is 2.73. The third kappa shape index (κ3) is 3.27. The van der Waals surface area contributed by atoms with E-state index in [4.69, 9.17) is 11.1 Å². The van der Waals surface area contributed by atoms with Crippen LogP contribution in [0.3, 0.4) is 0 Å². The van der Waals surface area contributed by atoms with Gasteiger partial charge in [-0.3, -0.25) is 5.41 Å². The first-order valence-electron chi connectivity index (χ1n) is 5.47. The normalized spacial score (nSPS) is 10.7. The van der Waals surface area contributed by atoms with Gasteiger partial charge in [0.15, 0.2) is 0 Å². The van der Waals surface area contributed by atoms with Crippen LogP contribution in [-0.4, -0.2) is 22.2 Å². The number of nitrogen functional groups attached to an aromatic ring is 1. The summed E-state index contributed by atoms with van der Waals surface area (Å²) in [4.78, 5) is 0. The van der Waals surface area contributed by atoms with Gasteiger partial charge < -0.3 is 10.5 Å². The maximum atomic E-state index is 12.3. The molecule has 1 aromatic heterocycles. The number of hydrogen-bond donors (Lipinski definition) is 2. The van der Waals surface area contributed by atoms with Crippen LogP contribution in [0.5, 0.6) is 5.88 Å². The topological polar surface area (TPSA) is 76.9 Å². The highest BCUT2D eigenvalue weighted by Gasteiger charge is 2.15. The number of aromatic nitrogens is 2. The number of amidine groups is 1. The van der Waals surface area contributed by atoms with Gasteiger partial charge in [0.2, 0.25) is 5.88 Å². The zero-order chi connectivity index (χ0) is 13.8. The molecule has 0 bridgehead atoms. The number of ether oxygens (including phenoxy) is 1. The predicted molar refractivity (Wildman–Crippen MR) is 65.4 cm³/mol. The van der Waals surface area contributed by atoms with E-state index in [2.05, 4.69) is 9.84 Å². The first-order chi connectivity index (χ1) is 9.06. The summed E-state index contributed by atoms with van der Waals surface area (Å²) in [5.41, 5.74) is 6.26. The minimum atomic E-state index is -2.95. The van der Waals surface area contributed by atoms with Crippen LogP contribution in [0.2, 0.25) is 0 Å². The fraction of sp³-hybridized carbons (Fsp3) is 0.167. The molecule has 0 fully saturated rings. The Bertz CT molecular complexity index is 568. The molecule has 0 aliphatic rings. The lowest BCUT2D eigenvalue weighted by atomic mass is 10.2. The molecule has 100 valence electrons. The molecule has 7 heteroatoms. The van der Waals surface area contributed by atoms with Crippen molar-refractivity contribution >= 4 is 5.84 Å². The van der Waals surface area contributed by atoms with Crippen molar-refractivity contribution in [2.75, 3.05) is 0 Å². The standard InChI is InChI=1S/C12H12F2N4O/c13-12(14)19-10-6-9(11(15)16)17-18(10)7-8-4-2-1-3-5-8/h1-6,12H,7H2,(H3,15,16). The third-order valence-corrected chi connectivity index (χ3v) is 2.40. The highest BCUT2D eigenvalue weighted by atomic mass is 19.3. The summed E-state index contributed by atoms with van der Waals surface area (Å²) >= 11 is 0. The van der Waals surface area contributed by atoms with Crippen LogP contribution >= 0.6 is 0 Å². The first kappa shape index (κ1) is 13.0. The molecule has 1 aromatic carbocycles. The molecule has 0 aliphatic carbocycles. The molecule has 19 heavy (non-hydrogen) atoms. The third-order valence-electron chi connectivity index (χ3n) is 2.40. The van der Waals surface area contributed by atoms with Crippen molar-refractivity contribution < 1.29 is 13.5 Å². The second kappa shape index (κ2) is 5.47. The number of nitrogens with zero attached hydrogens (tertiary/aromatic N) is 2. The quantitative estimate of drug-likeness (QED) is 0.640. The Morgan fingerprint density at radius 3 is 2.63 bits per heavy atom. The van der Waals surface area contributed by atoms with E-state index in [0.717, 1.165) is 5.56 Å². The zero-order valence-electron chi connectivity index (χ0n) is 9.88. The van der Waals surface area contributed by atoms with Gasteiger partial charge in [-0.25, -0.2) is 4.68 Å². The molecular formula is C12H12F2N4O. The fourth-order valence-corrected chi connectivity index (χ4v) is 1.59. The van der Waals surface area contributed by atoms with Crippen LogP contribution in [0.15, 0.2) is 36.4 Å². The molecule has 0 radical (unpaired) electrons. The highest BCUT2D eigenvalue weighted by Crippen LogP contribution is 2.18. The average molecular weight is 266 g/mol. The molecule has 0 saturated heterocycles. The molecule has 0 spiro atoms. The largest absolute Gasteiger partial charge is 0.417 e. The molecule has 5 nitrogen and oxygen atoms in total. The molecule has 2 rings (SSSR count). The van der Waals surface area contributed by atoms with Crippen LogP contribution < -0.4 is 10.5 Å². The minimum Gasteiger partial charge on any atom is -0.417 e. The number of halogens is 2. The van der Waals surface area contributed by atoms with Gasteiger partial charge >= 0.3 is 6.61 Å². The van der Waals surface area contributed by atoms with Crippen molar-refractivity contribution in [1.29, 1.82) is 5.41 Å².